The predicted octanol–water partition coefficient (Wildman–Crippen LogP) is 2.98. The van der Waals surface area contributed by atoms with Gasteiger partial charge in [0, 0.05) is 18.6 Å². The third-order valence-corrected chi connectivity index (χ3v) is 2.93. The molecular formula is C16H30N4O2. The second-order valence-corrected chi connectivity index (χ2v) is 6.50. The quantitative estimate of drug-likeness (QED) is 0.718. The fraction of sp³-hybridized carbons (Fsp3) is 0.750. The molecule has 1 rings (SSSR count). The van der Waals surface area contributed by atoms with E-state index in [-0.39, 0.29) is 11.5 Å². The number of nitrogens with zero attached hydrogens (tertiary/aromatic N) is 2. The van der Waals surface area contributed by atoms with Gasteiger partial charge in [-0.3, -0.25) is 0 Å². The third-order valence-electron chi connectivity index (χ3n) is 2.93. The van der Waals surface area contributed by atoms with E-state index in [2.05, 4.69) is 36.1 Å². The molecule has 6 heteroatoms. The highest BCUT2D eigenvalue weighted by molar-refractivity contribution is 5.67. The van der Waals surface area contributed by atoms with Crippen LogP contribution in [0.3, 0.4) is 0 Å². The third kappa shape index (κ3) is 5.67. The monoisotopic (exact) mass is 310 g/mol. The average Bonchev–Trinajstić information content (AvgIpc) is 2.40. The first-order valence-electron chi connectivity index (χ1n) is 7.92. The lowest BCUT2D eigenvalue weighted by Crippen LogP contribution is -2.20. The number of ether oxygens (including phenoxy) is 2. The molecule has 3 N–H and O–H groups in total. The molecule has 0 saturated carbocycles. The topological polar surface area (TPSA) is 82.3 Å². The highest BCUT2D eigenvalue weighted by atomic mass is 16.5. The van der Waals surface area contributed by atoms with Gasteiger partial charge in [0.15, 0.2) is 5.82 Å². The van der Waals surface area contributed by atoms with Crippen molar-refractivity contribution in [1.29, 1.82) is 0 Å². The van der Waals surface area contributed by atoms with E-state index < -0.39 is 0 Å². The van der Waals surface area contributed by atoms with Crippen LogP contribution in [0.4, 0.5) is 11.5 Å². The van der Waals surface area contributed by atoms with E-state index in [0.29, 0.717) is 36.4 Å². The molecule has 0 aliphatic carbocycles. The molecule has 22 heavy (non-hydrogen) atoms. The van der Waals surface area contributed by atoms with Gasteiger partial charge < -0.3 is 20.5 Å². The Balaban J connectivity index is 2.81. The summed E-state index contributed by atoms with van der Waals surface area (Å²) in [5, 5.41) is 3.26. The van der Waals surface area contributed by atoms with Crippen molar-refractivity contribution in [2.45, 2.75) is 59.5 Å². The number of nitrogen functional groups attached to an aromatic ring is 1. The van der Waals surface area contributed by atoms with Gasteiger partial charge in [-0.2, -0.15) is 4.98 Å². The first kappa shape index (κ1) is 18.5. The molecule has 1 aromatic heterocycles. The standard InChI is InChI=1S/C16H30N4O2/c1-7-21-14-12(17)13(18-9-8-10-22-11(2)3)19-15(20-14)16(4,5)6/h11H,7-10,17H2,1-6H3,(H,18,19,20). The summed E-state index contributed by atoms with van der Waals surface area (Å²) in [5.74, 6) is 1.79. The van der Waals surface area contributed by atoms with E-state index in [9.17, 15) is 0 Å². The fourth-order valence-electron chi connectivity index (χ4n) is 1.76. The minimum atomic E-state index is -0.170. The Bertz CT molecular complexity index is 470. The first-order valence-corrected chi connectivity index (χ1v) is 7.92. The number of rotatable bonds is 8. The van der Waals surface area contributed by atoms with Gasteiger partial charge in [-0.25, -0.2) is 4.98 Å². The van der Waals surface area contributed by atoms with E-state index in [0.717, 1.165) is 13.0 Å². The van der Waals surface area contributed by atoms with Crippen molar-refractivity contribution in [1.82, 2.24) is 9.97 Å². The maximum atomic E-state index is 6.10. The van der Waals surface area contributed by atoms with Crippen LogP contribution in [-0.2, 0) is 10.2 Å². The van der Waals surface area contributed by atoms with E-state index in [4.69, 9.17) is 15.2 Å². The second-order valence-electron chi connectivity index (χ2n) is 6.50. The predicted molar refractivity (Wildman–Crippen MR) is 90.5 cm³/mol. The molecule has 6 nitrogen and oxygen atoms in total. The van der Waals surface area contributed by atoms with Gasteiger partial charge in [0.2, 0.25) is 5.88 Å². The van der Waals surface area contributed by atoms with Crippen LogP contribution in [0.15, 0.2) is 0 Å². The Morgan fingerprint density at radius 1 is 1.23 bits per heavy atom. The van der Waals surface area contributed by atoms with Gasteiger partial charge in [0.1, 0.15) is 11.5 Å². The van der Waals surface area contributed by atoms with Crippen LogP contribution in [0.1, 0.15) is 53.8 Å². The Morgan fingerprint density at radius 2 is 1.91 bits per heavy atom. The van der Waals surface area contributed by atoms with E-state index >= 15 is 0 Å². The molecule has 0 atom stereocenters. The molecule has 0 saturated heterocycles. The molecule has 0 fully saturated rings. The Kier molecular flexibility index (Phi) is 6.87. The summed E-state index contributed by atoms with van der Waals surface area (Å²) in [7, 11) is 0. The average molecular weight is 310 g/mol. The van der Waals surface area contributed by atoms with Crippen LogP contribution in [0.5, 0.6) is 5.88 Å². The Labute approximate surface area is 133 Å². The minimum absolute atomic E-state index is 0.170. The van der Waals surface area contributed by atoms with E-state index in [1.54, 1.807) is 0 Å². The fourth-order valence-corrected chi connectivity index (χ4v) is 1.76. The molecule has 0 spiro atoms. The molecule has 0 unspecified atom stereocenters. The lowest BCUT2D eigenvalue weighted by molar-refractivity contribution is 0.0787. The molecule has 0 bridgehead atoms. The highest BCUT2D eigenvalue weighted by Gasteiger charge is 2.22. The van der Waals surface area contributed by atoms with Crippen molar-refractivity contribution in [2.75, 3.05) is 30.8 Å². The molecule has 0 aromatic carbocycles. The first-order chi connectivity index (χ1) is 10.3. The second kappa shape index (κ2) is 8.17. The van der Waals surface area contributed by atoms with E-state index in [1.807, 2.05) is 20.8 Å². The van der Waals surface area contributed by atoms with Gasteiger partial charge in [0.05, 0.1) is 12.7 Å². The summed E-state index contributed by atoms with van der Waals surface area (Å²) < 4.78 is 11.1. The zero-order valence-electron chi connectivity index (χ0n) is 14.7. The summed E-state index contributed by atoms with van der Waals surface area (Å²) in [5.41, 5.74) is 6.39. The SMILES string of the molecule is CCOc1nc(C(C)(C)C)nc(NCCCOC(C)C)c1N. The van der Waals surface area contributed by atoms with Crippen LogP contribution in [-0.4, -0.2) is 35.8 Å². The summed E-state index contributed by atoms with van der Waals surface area (Å²) >= 11 is 0. The van der Waals surface area contributed by atoms with Gasteiger partial charge >= 0.3 is 0 Å². The van der Waals surface area contributed by atoms with Gasteiger partial charge in [-0.15, -0.1) is 0 Å². The lowest BCUT2D eigenvalue weighted by atomic mass is 9.96. The Hall–Kier alpha value is -1.56. The van der Waals surface area contributed by atoms with E-state index in [1.165, 1.54) is 0 Å². The van der Waals surface area contributed by atoms with Gasteiger partial charge in [-0.05, 0) is 27.2 Å². The van der Waals surface area contributed by atoms with Crippen molar-refractivity contribution in [3.05, 3.63) is 5.82 Å². The van der Waals surface area contributed by atoms with Crippen LogP contribution < -0.4 is 15.8 Å². The number of anilines is 2. The molecule has 126 valence electrons. The Morgan fingerprint density at radius 3 is 2.45 bits per heavy atom. The van der Waals surface area contributed by atoms with Crippen molar-refractivity contribution in [3.8, 4) is 5.88 Å². The molecular weight excluding hydrogens is 280 g/mol. The van der Waals surface area contributed by atoms with Gasteiger partial charge in [0.25, 0.3) is 0 Å². The molecule has 0 aliphatic rings. The number of hydrogen-bond donors (Lipinski definition) is 2. The molecule has 0 radical (unpaired) electrons. The van der Waals surface area contributed by atoms with Crippen molar-refractivity contribution in [3.63, 3.8) is 0 Å². The zero-order chi connectivity index (χ0) is 16.8. The summed E-state index contributed by atoms with van der Waals surface area (Å²) in [6.07, 6.45) is 1.14. The highest BCUT2D eigenvalue weighted by Crippen LogP contribution is 2.30. The molecule has 0 aliphatic heterocycles. The molecule has 1 aromatic rings. The van der Waals surface area contributed by atoms with Gasteiger partial charge in [-0.1, -0.05) is 20.8 Å². The van der Waals surface area contributed by atoms with Crippen LogP contribution in [0.2, 0.25) is 0 Å². The van der Waals surface area contributed by atoms with Crippen molar-refractivity contribution >= 4 is 11.5 Å². The summed E-state index contributed by atoms with van der Waals surface area (Å²) in [4.78, 5) is 8.99. The zero-order valence-corrected chi connectivity index (χ0v) is 14.7. The number of aromatic nitrogens is 2. The summed E-state index contributed by atoms with van der Waals surface area (Å²) in [6, 6.07) is 0. The smallest absolute Gasteiger partial charge is 0.242 e. The normalized spacial score (nSPS) is 11.8. The lowest BCUT2D eigenvalue weighted by Gasteiger charge is -2.20. The number of nitrogens with two attached hydrogens (primary N) is 1. The molecule has 0 amide bonds. The van der Waals surface area contributed by atoms with Crippen LogP contribution >= 0.6 is 0 Å². The number of nitrogens with one attached hydrogen (secondary N) is 1. The van der Waals surface area contributed by atoms with Crippen molar-refractivity contribution < 1.29 is 9.47 Å². The van der Waals surface area contributed by atoms with Crippen LogP contribution in [0.25, 0.3) is 0 Å². The number of hydrogen-bond acceptors (Lipinski definition) is 6. The maximum absolute atomic E-state index is 6.10. The molecule has 1 heterocycles. The van der Waals surface area contributed by atoms with Crippen molar-refractivity contribution in [2.24, 2.45) is 0 Å². The summed E-state index contributed by atoms with van der Waals surface area (Å²) in [6.45, 7) is 14.1. The maximum Gasteiger partial charge on any atom is 0.242 e. The van der Waals surface area contributed by atoms with Crippen LogP contribution in [0, 0.1) is 0 Å². The largest absolute Gasteiger partial charge is 0.476 e. The minimum Gasteiger partial charge on any atom is -0.476 e.